The van der Waals surface area contributed by atoms with Gasteiger partial charge in [-0.1, -0.05) is 6.07 Å². The molecule has 25 heavy (non-hydrogen) atoms. The van der Waals surface area contributed by atoms with Gasteiger partial charge in [0.15, 0.2) is 11.5 Å². The number of benzene rings is 1. The normalized spacial score (nSPS) is 18.0. The molecular weight excluding hydrogens is 322 g/mol. The molecule has 2 aliphatic rings. The van der Waals surface area contributed by atoms with Gasteiger partial charge in [0.2, 0.25) is 5.91 Å². The van der Waals surface area contributed by atoms with E-state index in [-0.39, 0.29) is 18.0 Å². The predicted molar refractivity (Wildman–Crippen MR) is 92.7 cm³/mol. The standard InChI is InChI=1S/C18H25N3O4/c1-3-19-17(22)11(2)20-18(23)21-16(12-4-5-12)13-6-7-14-15(10-13)25-9-8-24-14/h6-7,10-12,16H,3-5,8-9H2,1-2H3,(H,19,22)(H2,20,21,23)/t11-,16-/m1/s1. The zero-order chi connectivity index (χ0) is 17.8. The molecule has 7 nitrogen and oxygen atoms in total. The van der Waals surface area contributed by atoms with Gasteiger partial charge in [0, 0.05) is 6.54 Å². The minimum atomic E-state index is -0.583. The lowest BCUT2D eigenvalue weighted by molar-refractivity contribution is -0.122. The Morgan fingerprint density at radius 1 is 1.16 bits per heavy atom. The van der Waals surface area contributed by atoms with E-state index in [1.807, 2.05) is 25.1 Å². The van der Waals surface area contributed by atoms with Crippen LogP contribution in [0.15, 0.2) is 18.2 Å². The molecule has 0 saturated heterocycles. The van der Waals surface area contributed by atoms with Crippen molar-refractivity contribution in [1.29, 1.82) is 0 Å². The van der Waals surface area contributed by atoms with Crippen molar-refractivity contribution in [3.8, 4) is 11.5 Å². The Kier molecular flexibility index (Phi) is 5.31. The van der Waals surface area contributed by atoms with Crippen molar-refractivity contribution < 1.29 is 19.1 Å². The topological polar surface area (TPSA) is 88.7 Å². The monoisotopic (exact) mass is 347 g/mol. The van der Waals surface area contributed by atoms with Crippen LogP contribution in [0.2, 0.25) is 0 Å². The second kappa shape index (κ2) is 7.63. The molecule has 3 N–H and O–H groups in total. The second-order valence-corrected chi connectivity index (χ2v) is 6.45. The van der Waals surface area contributed by atoms with Crippen LogP contribution in [0.1, 0.15) is 38.3 Å². The van der Waals surface area contributed by atoms with Crippen molar-refractivity contribution in [3.05, 3.63) is 23.8 Å². The highest BCUT2D eigenvalue weighted by atomic mass is 16.6. The number of nitrogens with one attached hydrogen (secondary N) is 3. The molecule has 3 amide bonds. The van der Waals surface area contributed by atoms with Gasteiger partial charge in [0.1, 0.15) is 19.3 Å². The third-order valence-corrected chi connectivity index (χ3v) is 4.40. The zero-order valence-corrected chi connectivity index (χ0v) is 14.6. The van der Waals surface area contributed by atoms with Gasteiger partial charge in [0.05, 0.1) is 6.04 Å². The molecular formula is C18H25N3O4. The average Bonchev–Trinajstić information content (AvgIpc) is 3.44. The molecule has 136 valence electrons. The minimum Gasteiger partial charge on any atom is -0.486 e. The van der Waals surface area contributed by atoms with E-state index in [9.17, 15) is 9.59 Å². The van der Waals surface area contributed by atoms with Crippen molar-refractivity contribution in [1.82, 2.24) is 16.0 Å². The highest BCUT2D eigenvalue weighted by Gasteiger charge is 2.34. The van der Waals surface area contributed by atoms with Crippen molar-refractivity contribution >= 4 is 11.9 Å². The lowest BCUT2D eigenvalue weighted by atomic mass is 10.0. The lowest BCUT2D eigenvalue weighted by Crippen LogP contribution is -2.49. The SMILES string of the molecule is CCNC(=O)[C@@H](C)NC(=O)N[C@@H](c1ccc2c(c1)OCCO2)C1CC1. The maximum atomic E-state index is 12.3. The number of amides is 3. The van der Waals surface area contributed by atoms with Gasteiger partial charge in [-0.3, -0.25) is 4.79 Å². The number of rotatable bonds is 6. The Morgan fingerprint density at radius 3 is 2.56 bits per heavy atom. The largest absolute Gasteiger partial charge is 0.486 e. The van der Waals surface area contributed by atoms with Crippen LogP contribution in [-0.4, -0.2) is 37.7 Å². The smallest absolute Gasteiger partial charge is 0.315 e. The van der Waals surface area contributed by atoms with Crippen LogP contribution in [0.5, 0.6) is 11.5 Å². The van der Waals surface area contributed by atoms with E-state index < -0.39 is 6.04 Å². The van der Waals surface area contributed by atoms with Crippen LogP contribution in [0, 0.1) is 5.92 Å². The molecule has 0 spiro atoms. The first-order valence-corrected chi connectivity index (χ1v) is 8.82. The molecule has 3 rings (SSSR count). The van der Waals surface area contributed by atoms with E-state index in [0.29, 0.717) is 31.4 Å². The number of fused-ring (bicyclic) bond motifs is 1. The highest BCUT2D eigenvalue weighted by Crippen LogP contribution is 2.43. The minimum absolute atomic E-state index is 0.0998. The molecule has 0 unspecified atom stereocenters. The maximum Gasteiger partial charge on any atom is 0.315 e. The van der Waals surface area contributed by atoms with Gasteiger partial charge >= 0.3 is 6.03 Å². The molecule has 1 heterocycles. The lowest BCUT2D eigenvalue weighted by Gasteiger charge is -2.24. The molecule has 1 aromatic rings. The molecule has 1 aliphatic carbocycles. The number of carbonyl (C=O) groups is 2. The predicted octanol–water partition coefficient (Wildman–Crippen LogP) is 1.73. The molecule has 1 aliphatic heterocycles. The Morgan fingerprint density at radius 2 is 1.88 bits per heavy atom. The third kappa shape index (κ3) is 4.35. The van der Waals surface area contributed by atoms with Gasteiger partial charge in [-0.15, -0.1) is 0 Å². The molecule has 2 atom stereocenters. The fourth-order valence-corrected chi connectivity index (χ4v) is 2.93. The molecule has 1 fully saturated rings. The summed E-state index contributed by atoms with van der Waals surface area (Å²) in [7, 11) is 0. The summed E-state index contributed by atoms with van der Waals surface area (Å²) in [5.41, 5.74) is 0.993. The first-order valence-electron chi connectivity index (χ1n) is 8.82. The van der Waals surface area contributed by atoms with E-state index in [1.54, 1.807) is 6.92 Å². The third-order valence-electron chi connectivity index (χ3n) is 4.40. The van der Waals surface area contributed by atoms with Crippen LogP contribution in [-0.2, 0) is 4.79 Å². The van der Waals surface area contributed by atoms with Crippen molar-refractivity contribution in [2.24, 2.45) is 5.92 Å². The van der Waals surface area contributed by atoms with Crippen LogP contribution in [0.4, 0.5) is 4.79 Å². The Hall–Kier alpha value is -2.44. The molecule has 0 bridgehead atoms. The quantitative estimate of drug-likeness (QED) is 0.731. The summed E-state index contributed by atoms with van der Waals surface area (Å²) < 4.78 is 11.2. The van der Waals surface area contributed by atoms with Crippen LogP contribution in [0.25, 0.3) is 0 Å². The number of carbonyl (C=O) groups excluding carboxylic acids is 2. The first-order chi connectivity index (χ1) is 12.1. The van der Waals surface area contributed by atoms with Crippen molar-refractivity contribution in [2.75, 3.05) is 19.8 Å². The Labute approximate surface area is 147 Å². The summed E-state index contributed by atoms with van der Waals surface area (Å²) in [5, 5.41) is 8.39. The fourth-order valence-electron chi connectivity index (χ4n) is 2.93. The first kappa shape index (κ1) is 17.4. The molecule has 7 heteroatoms. The van der Waals surface area contributed by atoms with Gasteiger partial charge < -0.3 is 25.4 Å². The number of hydrogen-bond acceptors (Lipinski definition) is 4. The molecule has 0 aromatic heterocycles. The van der Waals surface area contributed by atoms with Gasteiger partial charge in [-0.2, -0.15) is 0 Å². The zero-order valence-electron chi connectivity index (χ0n) is 14.6. The number of urea groups is 1. The van der Waals surface area contributed by atoms with Crippen molar-refractivity contribution in [2.45, 2.75) is 38.8 Å². The summed E-state index contributed by atoms with van der Waals surface area (Å²) >= 11 is 0. The Bertz CT molecular complexity index is 645. The Balaban J connectivity index is 1.65. The van der Waals surface area contributed by atoms with Gasteiger partial charge in [-0.25, -0.2) is 4.79 Å². The van der Waals surface area contributed by atoms with E-state index >= 15 is 0 Å². The summed E-state index contributed by atoms with van der Waals surface area (Å²) in [6.45, 7) is 5.13. The van der Waals surface area contributed by atoms with E-state index in [4.69, 9.17) is 9.47 Å². The van der Waals surface area contributed by atoms with Gasteiger partial charge in [0.25, 0.3) is 0 Å². The van der Waals surface area contributed by atoms with Crippen molar-refractivity contribution in [3.63, 3.8) is 0 Å². The number of hydrogen-bond donors (Lipinski definition) is 3. The van der Waals surface area contributed by atoms with E-state index in [2.05, 4.69) is 16.0 Å². The van der Waals surface area contributed by atoms with Gasteiger partial charge in [-0.05, 0) is 50.3 Å². The van der Waals surface area contributed by atoms with E-state index in [0.717, 1.165) is 24.2 Å². The summed E-state index contributed by atoms with van der Waals surface area (Å²) in [4.78, 5) is 24.1. The molecule has 0 radical (unpaired) electrons. The van der Waals surface area contributed by atoms with Crippen LogP contribution < -0.4 is 25.4 Å². The van der Waals surface area contributed by atoms with E-state index in [1.165, 1.54) is 0 Å². The maximum absolute atomic E-state index is 12.3. The molecule has 1 saturated carbocycles. The summed E-state index contributed by atoms with van der Waals surface area (Å²) in [6, 6.07) is 4.76. The number of ether oxygens (including phenoxy) is 2. The van der Waals surface area contributed by atoms with Crippen LogP contribution in [0.3, 0.4) is 0 Å². The molecule has 1 aromatic carbocycles. The summed E-state index contributed by atoms with van der Waals surface area (Å²) in [5.74, 6) is 1.67. The second-order valence-electron chi connectivity index (χ2n) is 6.45. The summed E-state index contributed by atoms with van der Waals surface area (Å²) in [6.07, 6.45) is 2.15. The van der Waals surface area contributed by atoms with Crippen LogP contribution >= 0.6 is 0 Å². The highest BCUT2D eigenvalue weighted by molar-refractivity contribution is 5.86. The number of likely N-dealkylation sites (N-methyl/N-ethyl adjacent to an activating group) is 1. The fraction of sp³-hybridized carbons (Fsp3) is 0.556. The average molecular weight is 347 g/mol.